The van der Waals surface area contributed by atoms with Crippen LogP contribution in [0, 0.1) is 0 Å². The third-order valence-corrected chi connectivity index (χ3v) is 6.44. The van der Waals surface area contributed by atoms with Crippen molar-refractivity contribution < 1.29 is 19.2 Å². The number of carbonyl (C=O) groups is 4. The molecule has 8 heteroatoms. The van der Waals surface area contributed by atoms with Gasteiger partial charge in [-0.2, -0.15) is 0 Å². The van der Waals surface area contributed by atoms with E-state index in [2.05, 4.69) is 10.6 Å². The first-order valence-electron chi connectivity index (χ1n) is 9.48. The van der Waals surface area contributed by atoms with E-state index in [1.807, 2.05) is 11.4 Å². The summed E-state index contributed by atoms with van der Waals surface area (Å²) in [6, 6.07) is 8.15. The van der Waals surface area contributed by atoms with E-state index in [-0.39, 0.29) is 24.1 Å². The van der Waals surface area contributed by atoms with Gasteiger partial charge < -0.3 is 10.6 Å². The highest BCUT2D eigenvalue weighted by Gasteiger charge is 2.54. The number of Topliss-reactive ketones (excluding diaryl/α,β-unsaturated/α-hetero) is 1. The van der Waals surface area contributed by atoms with Crippen molar-refractivity contribution in [2.75, 3.05) is 6.54 Å². The zero-order valence-corrected chi connectivity index (χ0v) is 16.8. The molecule has 2 aliphatic rings. The molecule has 2 N–H and O–H groups in total. The number of imide groups is 1. The Morgan fingerprint density at radius 3 is 2.69 bits per heavy atom. The van der Waals surface area contributed by atoms with Crippen molar-refractivity contribution in [3.63, 3.8) is 0 Å². The van der Waals surface area contributed by atoms with Crippen LogP contribution in [0.5, 0.6) is 0 Å². The maximum atomic E-state index is 13.2. The first-order valence-corrected chi connectivity index (χ1v) is 10.4. The molecular formula is C21H21N3O4S. The number of nitrogens with one attached hydrogen (secondary N) is 2. The van der Waals surface area contributed by atoms with E-state index in [1.165, 1.54) is 6.92 Å². The normalized spacial score (nSPS) is 20.5. The molecular weight excluding hydrogens is 390 g/mol. The molecule has 2 aromatic rings. The van der Waals surface area contributed by atoms with Crippen LogP contribution in [0.1, 0.15) is 46.1 Å². The molecule has 29 heavy (non-hydrogen) atoms. The van der Waals surface area contributed by atoms with E-state index >= 15 is 0 Å². The van der Waals surface area contributed by atoms with Crippen LogP contribution in [0.4, 0.5) is 4.79 Å². The predicted molar refractivity (Wildman–Crippen MR) is 107 cm³/mol. The van der Waals surface area contributed by atoms with Crippen LogP contribution in [-0.4, -0.2) is 35.1 Å². The average Bonchev–Trinajstić information content (AvgIpc) is 3.27. The van der Waals surface area contributed by atoms with Gasteiger partial charge in [-0.3, -0.25) is 19.3 Å². The third kappa shape index (κ3) is 3.44. The first kappa shape index (κ1) is 19.3. The maximum absolute atomic E-state index is 13.2. The highest BCUT2D eigenvalue weighted by atomic mass is 32.1. The highest BCUT2D eigenvalue weighted by Crippen LogP contribution is 2.42. The topological polar surface area (TPSA) is 95.6 Å². The van der Waals surface area contributed by atoms with Crippen LogP contribution in [0.3, 0.4) is 0 Å². The molecule has 1 aromatic heterocycles. The summed E-state index contributed by atoms with van der Waals surface area (Å²) in [5.41, 5.74) is 1.10. The summed E-state index contributed by atoms with van der Waals surface area (Å²) in [6.45, 7) is 1.52. The number of hydrogen-bond donors (Lipinski definition) is 2. The fraction of sp³-hybridized carbons (Fsp3) is 0.333. The summed E-state index contributed by atoms with van der Waals surface area (Å²) >= 11 is 1.59. The van der Waals surface area contributed by atoms with Crippen LogP contribution < -0.4 is 10.6 Å². The molecule has 2 heterocycles. The molecule has 1 fully saturated rings. The van der Waals surface area contributed by atoms with Crippen molar-refractivity contribution in [1.82, 2.24) is 15.5 Å². The number of rotatable bonds is 5. The Labute approximate surface area is 172 Å². The summed E-state index contributed by atoms with van der Waals surface area (Å²) in [6.07, 6.45) is 2.27. The second kappa shape index (κ2) is 7.44. The first-order chi connectivity index (χ1) is 13.9. The van der Waals surface area contributed by atoms with E-state index in [1.54, 1.807) is 35.6 Å². The van der Waals surface area contributed by atoms with E-state index in [0.717, 1.165) is 33.7 Å². The van der Waals surface area contributed by atoms with Crippen molar-refractivity contribution in [3.8, 4) is 0 Å². The van der Waals surface area contributed by atoms with Crippen LogP contribution in [0.25, 0.3) is 0 Å². The number of benzene rings is 1. The zero-order valence-electron chi connectivity index (χ0n) is 16.0. The minimum Gasteiger partial charge on any atom is -0.352 e. The fourth-order valence-electron chi connectivity index (χ4n) is 3.95. The Hall–Kier alpha value is -3.00. The van der Waals surface area contributed by atoms with Crippen molar-refractivity contribution in [1.29, 1.82) is 0 Å². The molecule has 1 unspecified atom stereocenters. The lowest BCUT2D eigenvalue weighted by atomic mass is 9.80. The third-order valence-electron chi connectivity index (χ3n) is 5.46. The Morgan fingerprint density at radius 2 is 1.97 bits per heavy atom. The molecule has 1 aromatic carbocycles. The van der Waals surface area contributed by atoms with Crippen molar-refractivity contribution >= 4 is 35.0 Å². The quantitative estimate of drug-likeness (QED) is 0.583. The molecule has 150 valence electrons. The average molecular weight is 411 g/mol. The molecule has 1 saturated heterocycles. The number of thiophene rings is 1. The lowest BCUT2D eigenvalue weighted by Gasteiger charge is -2.31. The number of amides is 4. The molecule has 7 nitrogen and oxygen atoms in total. The van der Waals surface area contributed by atoms with Gasteiger partial charge in [0.2, 0.25) is 5.91 Å². The minimum atomic E-state index is -1.03. The molecule has 0 saturated carbocycles. The second-order valence-electron chi connectivity index (χ2n) is 7.37. The predicted octanol–water partition coefficient (Wildman–Crippen LogP) is 2.35. The fourth-order valence-corrected chi connectivity index (χ4v) is 4.95. The Balaban J connectivity index is 1.49. The van der Waals surface area contributed by atoms with Crippen molar-refractivity contribution in [3.05, 3.63) is 57.3 Å². The summed E-state index contributed by atoms with van der Waals surface area (Å²) in [5, 5.41) is 7.49. The minimum absolute atomic E-state index is 0.130. The number of carbonyl (C=O) groups excluding carboxylic acids is 4. The second-order valence-corrected chi connectivity index (χ2v) is 8.37. The van der Waals surface area contributed by atoms with Crippen LogP contribution in [0.2, 0.25) is 0 Å². The number of hydrogen-bond acceptors (Lipinski definition) is 5. The SMILES string of the molecule is CC(=O)NCc1ccc(C(=O)CN2C(=O)NC3(CCCc4sccc43)C2=O)cc1. The Bertz CT molecular complexity index is 998. The number of nitrogens with zero attached hydrogens (tertiary/aromatic N) is 1. The highest BCUT2D eigenvalue weighted by molar-refractivity contribution is 7.10. The van der Waals surface area contributed by atoms with Crippen LogP contribution in [0.15, 0.2) is 35.7 Å². The molecule has 0 bridgehead atoms. The monoisotopic (exact) mass is 411 g/mol. The smallest absolute Gasteiger partial charge is 0.325 e. The molecule has 4 amide bonds. The molecule has 1 aliphatic carbocycles. The summed E-state index contributed by atoms with van der Waals surface area (Å²) in [5.74, 6) is -0.787. The largest absolute Gasteiger partial charge is 0.352 e. The summed E-state index contributed by atoms with van der Waals surface area (Å²) in [7, 11) is 0. The van der Waals surface area contributed by atoms with Crippen molar-refractivity contribution in [2.24, 2.45) is 0 Å². The van der Waals surface area contributed by atoms with Gasteiger partial charge in [-0.25, -0.2) is 4.79 Å². The molecule has 4 rings (SSSR count). The van der Waals surface area contributed by atoms with Gasteiger partial charge in [0.05, 0.1) is 6.54 Å². The Kier molecular flexibility index (Phi) is 4.96. The molecule has 1 spiro atoms. The summed E-state index contributed by atoms with van der Waals surface area (Å²) < 4.78 is 0. The molecule has 0 radical (unpaired) electrons. The lowest BCUT2D eigenvalue weighted by molar-refractivity contribution is -0.131. The van der Waals surface area contributed by atoms with Crippen LogP contribution in [-0.2, 0) is 28.1 Å². The Morgan fingerprint density at radius 1 is 1.21 bits per heavy atom. The van der Waals surface area contributed by atoms with E-state index in [9.17, 15) is 19.2 Å². The van der Waals surface area contributed by atoms with E-state index in [4.69, 9.17) is 0 Å². The number of ketones is 1. The summed E-state index contributed by atoms with van der Waals surface area (Å²) in [4.78, 5) is 51.6. The van der Waals surface area contributed by atoms with Gasteiger partial charge in [0.15, 0.2) is 5.78 Å². The standard InChI is InChI=1S/C21H21N3O4S/c1-13(25)22-11-14-4-6-15(7-5-14)17(26)12-24-19(27)21(23-20(24)28)9-2-3-18-16(21)8-10-29-18/h4-8,10H,2-3,9,11-12H2,1H3,(H,22,25)(H,23,28). The number of aryl methyl sites for hydroxylation is 1. The van der Waals surface area contributed by atoms with Gasteiger partial charge in [0.25, 0.3) is 5.91 Å². The van der Waals surface area contributed by atoms with Gasteiger partial charge in [0, 0.05) is 29.5 Å². The van der Waals surface area contributed by atoms with Gasteiger partial charge in [-0.05, 0) is 36.3 Å². The van der Waals surface area contributed by atoms with E-state index in [0.29, 0.717) is 18.5 Å². The molecule has 1 aliphatic heterocycles. The number of fused-ring (bicyclic) bond motifs is 2. The number of urea groups is 1. The molecule has 1 atom stereocenters. The van der Waals surface area contributed by atoms with Crippen LogP contribution >= 0.6 is 11.3 Å². The zero-order chi connectivity index (χ0) is 20.6. The van der Waals surface area contributed by atoms with Gasteiger partial charge in [0.1, 0.15) is 5.54 Å². The van der Waals surface area contributed by atoms with Crippen molar-refractivity contribution in [2.45, 2.75) is 38.3 Å². The van der Waals surface area contributed by atoms with Gasteiger partial charge in [-0.1, -0.05) is 24.3 Å². The van der Waals surface area contributed by atoms with Gasteiger partial charge >= 0.3 is 6.03 Å². The van der Waals surface area contributed by atoms with Gasteiger partial charge in [-0.15, -0.1) is 11.3 Å². The van der Waals surface area contributed by atoms with E-state index < -0.39 is 11.6 Å². The lowest BCUT2D eigenvalue weighted by Crippen LogP contribution is -2.46. The maximum Gasteiger partial charge on any atom is 0.325 e.